The highest BCUT2D eigenvalue weighted by Gasteiger charge is 2.49. The largest absolute Gasteiger partial charge is 0.467 e. The number of carbonyl (C=O) groups is 2. The molecule has 2 N–H and O–H groups in total. The van der Waals surface area contributed by atoms with Crippen molar-refractivity contribution in [2.24, 2.45) is 4.99 Å². The van der Waals surface area contributed by atoms with Gasteiger partial charge in [0, 0.05) is 13.6 Å². The second-order valence-electron chi connectivity index (χ2n) is 5.71. The average molecular weight is 319 g/mol. The molecule has 0 aliphatic carbocycles. The lowest BCUT2D eigenvalue weighted by Gasteiger charge is -2.35. The lowest BCUT2D eigenvalue weighted by atomic mass is 10.1. The Morgan fingerprint density at radius 2 is 2.22 bits per heavy atom. The maximum Gasteiger partial charge on any atom is 0.325 e. The number of nitrogens with one attached hydrogen (secondary N) is 2. The molecule has 3 rings (SSSR count). The van der Waals surface area contributed by atoms with Gasteiger partial charge in [0.15, 0.2) is 12.0 Å². The smallest absolute Gasteiger partial charge is 0.325 e. The van der Waals surface area contributed by atoms with Crippen molar-refractivity contribution in [2.45, 2.75) is 38.5 Å². The van der Waals surface area contributed by atoms with Gasteiger partial charge >= 0.3 is 6.03 Å². The van der Waals surface area contributed by atoms with Crippen LogP contribution in [0, 0.1) is 0 Å². The SMILES string of the molecule is CCCCN1C(=NCc2ccco2)NC2C1C(=O)NC(=O)N2C. The third-order valence-corrected chi connectivity index (χ3v) is 4.14. The number of hydrogen-bond donors (Lipinski definition) is 2. The molecule has 2 aliphatic heterocycles. The number of aliphatic imine (C=N–C) groups is 1. The normalized spacial score (nSPS) is 25.6. The summed E-state index contributed by atoms with van der Waals surface area (Å²) in [6.07, 6.45) is 3.15. The molecule has 23 heavy (non-hydrogen) atoms. The number of nitrogens with zero attached hydrogens (tertiary/aromatic N) is 3. The van der Waals surface area contributed by atoms with Crippen molar-refractivity contribution >= 4 is 17.9 Å². The number of carbonyl (C=O) groups excluding carboxylic acids is 2. The molecule has 8 heteroatoms. The van der Waals surface area contributed by atoms with Crippen LogP contribution in [0.25, 0.3) is 0 Å². The van der Waals surface area contributed by atoms with Gasteiger partial charge in [-0.2, -0.15) is 0 Å². The number of likely N-dealkylation sites (N-methyl/N-ethyl adjacent to an activating group) is 1. The van der Waals surface area contributed by atoms with Gasteiger partial charge in [0.25, 0.3) is 5.91 Å². The van der Waals surface area contributed by atoms with Crippen molar-refractivity contribution in [1.29, 1.82) is 0 Å². The van der Waals surface area contributed by atoms with Crippen LogP contribution in [0.5, 0.6) is 0 Å². The third kappa shape index (κ3) is 2.88. The van der Waals surface area contributed by atoms with E-state index in [9.17, 15) is 9.59 Å². The zero-order valence-corrected chi connectivity index (χ0v) is 13.3. The maximum atomic E-state index is 12.3. The third-order valence-electron chi connectivity index (χ3n) is 4.14. The molecule has 3 heterocycles. The summed E-state index contributed by atoms with van der Waals surface area (Å²) in [6.45, 7) is 3.19. The van der Waals surface area contributed by atoms with Crippen molar-refractivity contribution in [2.75, 3.05) is 13.6 Å². The second kappa shape index (κ2) is 6.31. The van der Waals surface area contributed by atoms with Crippen molar-refractivity contribution < 1.29 is 14.0 Å². The minimum absolute atomic E-state index is 0.287. The maximum absolute atomic E-state index is 12.3. The molecule has 3 amide bonds. The molecule has 1 aromatic rings. The Bertz CT molecular complexity index is 613. The molecule has 0 radical (unpaired) electrons. The molecule has 124 valence electrons. The van der Waals surface area contributed by atoms with Crippen LogP contribution in [-0.2, 0) is 11.3 Å². The van der Waals surface area contributed by atoms with Crippen LogP contribution in [0.4, 0.5) is 4.79 Å². The Morgan fingerprint density at radius 1 is 1.39 bits per heavy atom. The Kier molecular flexibility index (Phi) is 4.22. The van der Waals surface area contributed by atoms with Crippen LogP contribution in [0.15, 0.2) is 27.8 Å². The van der Waals surface area contributed by atoms with Gasteiger partial charge in [-0.15, -0.1) is 0 Å². The Hall–Kier alpha value is -2.51. The summed E-state index contributed by atoms with van der Waals surface area (Å²) >= 11 is 0. The second-order valence-corrected chi connectivity index (χ2v) is 5.71. The van der Waals surface area contributed by atoms with Gasteiger partial charge in [-0.3, -0.25) is 10.1 Å². The molecule has 2 aliphatic rings. The molecular formula is C15H21N5O3. The van der Waals surface area contributed by atoms with Gasteiger partial charge in [-0.05, 0) is 18.6 Å². The molecule has 0 spiro atoms. The monoisotopic (exact) mass is 319 g/mol. The van der Waals surface area contributed by atoms with Crippen molar-refractivity contribution in [3.8, 4) is 0 Å². The molecule has 2 unspecified atom stereocenters. The number of unbranched alkanes of at least 4 members (excludes halogenated alkanes) is 1. The average Bonchev–Trinajstić information content (AvgIpc) is 3.16. The number of fused-ring (bicyclic) bond motifs is 1. The summed E-state index contributed by atoms with van der Waals surface area (Å²) in [7, 11) is 1.67. The fourth-order valence-corrected chi connectivity index (χ4v) is 2.85. The van der Waals surface area contributed by atoms with Crippen LogP contribution in [0.3, 0.4) is 0 Å². The molecule has 0 aromatic carbocycles. The first kappa shape index (κ1) is 15.4. The highest BCUT2D eigenvalue weighted by atomic mass is 16.3. The predicted octanol–water partition coefficient (Wildman–Crippen LogP) is 0.717. The first-order valence-electron chi connectivity index (χ1n) is 7.79. The lowest BCUT2D eigenvalue weighted by molar-refractivity contribution is -0.127. The number of urea groups is 1. The highest BCUT2D eigenvalue weighted by molar-refractivity contribution is 6.04. The van der Waals surface area contributed by atoms with E-state index in [4.69, 9.17) is 4.42 Å². The van der Waals surface area contributed by atoms with Crippen molar-refractivity contribution in [3.05, 3.63) is 24.2 Å². The molecule has 0 bridgehead atoms. The fourth-order valence-electron chi connectivity index (χ4n) is 2.85. The minimum atomic E-state index is -0.459. The molecule has 2 fully saturated rings. The first-order valence-corrected chi connectivity index (χ1v) is 7.79. The van der Waals surface area contributed by atoms with Gasteiger partial charge in [-0.25, -0.2) is 9.79 Å². The standard InChI is InChI=1S/C15H21N5O3/c1-3-4-7-20-11-12(19(2)15(22)18-13(11)21)17-14(20)16-9-10-6-5-8-23-10/h5-6,8,11-12H,3-4,7,9H2,1-2H3,(H,16,17)(H,18,21,22). The van der Waals surface area contributed by atoms with E-state index in [2.05, 4.69) is 22.5 Å². The van der Waals surface area contributed by atoms with Crippen LogP contribution < -0.4 is 10.6 Å². The van der Waals surface area contributed by atoms with Gasteiger partial charge in [0.2, 0.25) is 0 Å². The summed E-state index contributed by atoms with van der Waals surface area (Å²) in [5.41, 5.74) is 0. The number of rotatable bonds is 5. The van der Waals surface area contributed by atoms with E-state index in [0.29, 0.717) is 19.0 Å². The van der Waals surface area contributed by atoms with Crippen LogP contribution in [0.1, 0.15) is 25.5 Å². The van der Waals surface area contributed by atoms with E-state index in [0.717, 1.165) is 18.6 Å². The molecule has 1 aromatic heterocycles. The van der Waals surface area contributed by atoms with Crippen LogP contribution in [-0.4, -0.2) is 53.5 Å². The Labute approximate surface area is 134 Å². The van der Waals surface area contributed by atoms with E-state index in [-0.39, 0.29) is 5.91 Å². The molecular weight excluding hydrogens is 298 g/mol. The number of amides is 3. The van der Waals surface area contributed by atoms with Gasteiger partial charge in [-0.1, -0.05) is 13.3 Å². The van der Waals surface area contributed by atoms with Crippen LogP contribution in [0.2, 0.25) is 0 Å². The summed E-state index contributed by atoms with van der Waals surface area (Å²) in [5.74, 6) is 1.09. The first-order chi connectivity index (χ1) is 11.1. The summed E-state index contributed by atoms with van der Waals surface area (Å²) < 4.78 is 5.29. The Balaban J connectivity index is 1.84. The quantitative estimate of drug-likeness (QED) is 0.834. The summed E-state index contributed by atoms with van der Waals surface area (Å²) in [5, 5.41) is 5.59. The molecule has 2 atom stereocenters. The number of hydrogen-bond acceptors (Lipinski definition) is 4. The molecule has 8 nitrogen and oxygen atoms in total. The zero-order valence-electron chi connectivity index (χ0n) is 13.3. The summed E-state index contributed by atoms with van der Waals surface area (Å²) in [6, 6.07) is 2.81. The lowest BCUT2D eigenvalue weighted by Crippen LogP contribution is -2.64. The van der Waals surface area contributed by atoms with E-state index in [1.165, 1.54) is 4.90 Å². The number of furan rings is 1. The molecule has 2 saturated heterocycles. The number of imide groups is 1. The van der Waals surface area contributed by atoms with Crippen molar-refractivity contribution in [1.82, 2.24) is 20.4 Å². The van der Waals surface area contributed by atoms with Gasteiger partial charge < -0.3 is 19.5 Å². The highest BCUT2D eigenvalue weighted by Crippen LogP contribution is 2.21. The van der Waals surface area contributed by atoms with E-state index in [1.54, 1.807) is 13.3 Å². The molecule has 0 saturated carbocycles. The fraction of sp³-hybridized carbons (Fsp3) is 0.533. The predicted molar refractivity (Wildman–Crippen MR) is 83.5 cm³/mol. The van der Waals surface area contributed by atoms with Crippen LogP contribution >= 0.6 is 0 Å². The van der Waals surface area contributed by atoms with E-state index >= 15 is 0 Å². The minimum Gasteiger partial charge on any atom is -0.467 e. The Morgan fingerprint density at radius 3 is 2.91 bits per heavy atom. The zero-order chi connectivity index (χ0) is 16.4. The topological polar surface area (TPSA) is 90.2 Å². The van der Waals surface area contributed by atoms with E-state index < -0.39 is 18.2 Å². The van der Waals surface area contributed by atoms with Crippen molar-refractivity contribution in [3.63, 3.8) is 0 Å². The van der Waals surface area contributed by atoms with E-state index in [1.807, 2.05) is 17.0 Å². The number of guanidine groups is 1. The summed E-state index contributed by atoms with van der Waals surface area (Å²) in [4.78, 5) is 32.0. The van der Waals surface area contributed by atoms with Gasteiger partial charge in [0.05, 0.1) is 6.26 Å². The van der Waals surface area contributed by atoms with Gasteiger partial charge in [0.1, 0.15) is 18.5 Å².